The van der Waals surface area contributed by atoms with Crippen molar-refractivity contribution in [3.8, 4) is 6.07 Å². The van der Waals surface area contributed by atoms with Crippen molar-refractivity contribution in [2.45, 2.75) is 19.4 Å². The summed E-state index contributed by atoms with van der Waals surface area (Å²) in [6.07, 6.45) is -0.151. The standard InChI is InChI=1S/C17H17BrN2O/c1-13(21)16-9-8-14(18)12-17(16)20(11-5-10-19)15-6-3-2-4-7-15/h2-4,6-9,12-13,21H,5,11H2,1H3. The van der Waals surface area contributed by atoms with E-state index in [0.29, 0.717) is 13.0 Å². The Bertz CT molecular complexity index is 635. The molecule has 2 rings (SSSR count). The first-order chi connectivity index (χ1) is 10.1. The highest BCUT2D eigenvalue weighted by Gasteiger charge is 2.16. The van der Waals surface area contributed by atoms with E-state index in [2.05, 4.69) is 26.9 Å². The summed E-state index contributed by atoms with van der Waals surface area (Å²) in [5, 5.41) is 18.9. The van der Waals surface area contributed by atoms with Gasteiger partial charge < -0.3 is 10.0 Å². The van der Waals surface area contributed by atoms with Gasteiger partial charge in [-0.2, -0.15) is 5.26 Å². The minimum Gasteiger partial charge on any atom is -0.389 e. The number of nitriles is 1. The van der Waals surface area contributed by atoms with Gasteiger partial charge in [-0.05, 0) is 31.2 Å². The monoisotopic (exact) mass is 344 g/mol. The fourth-order valence-corrected chi connectivity index (χ4v) is 2.61. The number of anilines is 2. The Labute approximate surface area is 133 Å². The van der Waals surface area contributed by atoms with Crippen LogP contribution in [-0.2, 0) is 0 Å². The maximum atomic E-state index is 10.0. The molecule has 3 nitrogen and oxygen atoms in total. The second-order valence-corrected chi connectivity index (χ2v) is 5.69. The minimum absolute atomic E-state index is 0.417. The molecule has 0 saturated heterocycles. The van der Waals surface area contributed by atoms with E-state index in [9.17, 15) is 5.11 Å². The van der Waals surface area contributed by atoms with Crippen LogP contribution in [0.3, 0.4) is 0 Å². The van der Waals surface area contributed by atoms with E-state index >= 15 is 0 Å². The molecular formula is C17H17BrN2O. The maximum absolute atomic E-state index is 10.0. The third-order valence-electron chi connectivity index (χ3n) is 3.25. The van der Waals surface area contributed by atoms with Crippen LogP contribution < -0.4 is 4.90 Å². The number of nitrogens with zero attached hydrogens (tertiary/aromatic N) is 2. The summed E-state index contributed by atoms with van der Waals surface area (Å²) in [4.78, 5) is 2.07. The first-order valence-electron chi connectivity index (χ1n) is 6.80. The molecule has 0 aromatic heterocycles. The van der Waals surface area contributed by atoms with Gasteiger partial charge in [0.05, 0.1) is 18.6 Å². The molecule has 0 bridgehead atoms. The van der Waals surface area contributed by atoms with Crippen LogP contribution in [-0.4, -0.2) is 11.7 Å². The summed E-state index contributed by atoms with van der Waals surface area (Å²) in [6.45, 7) is 2.33. The zero-order chi connectivity index (χ0) is 15.2. The normalized spacial score (nSPS) is 11.7. The molecule has 0 spiro atoms. The zero-order valence-corrected chi connectivity index (χ0v) is 13.4. The first-order valence-corrected chi connectivity index (χ1v) is 7.60. The van der Waals surface area contributed by atoms with E-state index in [1.807, 2.05) is 48.5 Å². The van der Waals surface area contributed by atoms with Crippen molar-refractivity contribution in [1.82, 2.24) is 0 Å². The van der Waals surface area contributed by atoms with Crippen LogP contribution in [0.25, 0.3) is 0 Å². The summed E-state index contributed by atoms with van der Waals surface area (Å²) in [7, 11) is 0. The molecular weight excluding hydrogens is 328 g/mol. The Balaban J connectivity index is 2.51. The third-order valence-corrected chi connectivity index (χ3v) is 3.74. The number of para-hydroxylation sites is 1. The van der Waals surface area contributed by atoms with Crippen LogP contribution in [0.1, 0.15) is 25.0 Å². The second-order valence-electron chi connectivity index (χ2n) is 4.77. The molecule has 21 heavy (non-hydrogen) atoms. The number of hydrogen-bond acceptors (Lipinski definition) is 3. The average Bonchev–Trinajstić information content (AvgIpc) is 2.48. The molecule has 0 aliphatic rings. The highest BCUT2D eigenvalue weighted by Crippen LogP contribution is 2.34. The second kappa shape index (κ2) is 7.26. The van der Waals surface area contributed by atoms with Gasteiger partial charge in [-0.1, -0.05) is 40.2 Å². The average molecular weight is 345 g/mol. The van der Waals surface area contributed by atoms with Crippen molar-refractivity contribution < 1.29 is 5.11 Å². The molecule has 1 unspecified atom stereocenters. The predicted molar refractivity (Wildman–Crippen MR) is 88.5 cm³/mol. The van der Waals surface area contributed by atoms with Crippen molar-refractivity contribution in [1.29, 1.82) is 5.26 Å². The first kappa shape index (κ1) is 15.6. The van der Waals surface area contributed by atoms with Crippen LogP contribution in [0.15, 0.2) is 53.0 Å². The maximum Gasteiger partial charge on any atom is 0.0782 e. The number of aliphatic hydroxyl groups is 1. The Morgan fingerprint density at radius 3 is 2.57 bits per heavy atom. The van der Waals surface area contributed by atoms with Gasteiger partial charge in [0.1, 0.15) is 0 Å². The Kier molecular flexibility index (Phi) is 5.38. The van der Waals surface area contributed by atoms with Crippen LogP contribution in [0.4, 0.5) is 11.4 Å². The summed E-state index contributed by atoms with van der Waals surface area (Å²) in [6, 6.07) is 17.9. The van der Waals surface area contributed by atoms with Gasteiger partial charge in [-0.3, -0.25) is 0 Å². The van der Waals surface area contributed by atoms with E-state index in [-0.39, 0.29) is 0 Å². The summed E-state index contributed by atoms with van der Waals surface area (Å²) in [5.41, 5.74) is 2.77. The number of benzene rings is 2. The lowest BCUT2D eigenvalue weighted by Gasteiger charge is -2.27. The van der Waals surface area contributed by atoms with Crippen LogP contribution >= 0.6 is 15.9 Å². The van der Waals surface area contributed by atoms with Gasteiger partial charge in [0.25, 0.3) is 0 Å². The quantitative estimate of drug-likeness (QED) is 0.865. The van der Waals surface area contributed by atoms with E-state index in [1.165, 1.54) is 0 Å². The van der Waals surface area contributed by atoms with E-state index < -0.39 is 6.10 Å². The largest absolute Gasteiger partial charge is 0.389 e. The molecule has 2 aromatic rings. The molecule has 0 aliphatic carbocycles. The fraction of sp³-hybridized carbons (Fsp3) is 0.235. The Morgan fingerprint density at radius 1 is 1.24 bits per heavy atom. The molecule has 2 aromatic carbocycles. The minimum atomic E-state index is -0.568. The highest BCUT2D eigenvalue weighted by atomic mass is 79.9. The van der Waals surface area contributed by atoms with E-state index in [1.54, 1.807) is 6.92 Å². The fourth-order valence-electron chi connectivity index (χ4n) is 2.26. The lowest BCUT2D eigenvalue weighted by atomic mass is 10.1. The lowest BCUT2D eigenvalue weighted by molar-refractivity contribution is 0.199. The summed E-state index contributed by atoms with van der Waals surface area (Å²) < 4.78 is 0.944. The van der Waals surface area contributed by atoms with Gasteiger partial charge in [0.15, 0.2) is 0 Å². The molecule has 0 radical (unpaired) electrons. The lowest BCUT2D eigenvalue weighted by Crippen LogP contribution is -2.20. The molecule has 0 saturated carbocycles. The van der Waals surface area contributed by atoms with Crippen molar-refractivity contribution in [3.63, 3.8) is 0 Å². The third kappa shape index (κ3) is 3.84. The summed E-state index contributed by atoms with van der Waals surface area (Å²) in [5.74, 6) is 0. The Hall–Kier alpha value is -1.83. The van der Waals surface area contributed by atoms with Crippen LogP contribution in [0, 0.1) is 11.3 Å². The van der Waals surface area contributed by atoms with Crippen molar-refractivity contribution >= 4 is 27.3 Å². The Morgan fingerprint density at radius 2 is 1.95 bits per heavy atom. The summed E-state index contributed by atoms with van der Waals surface area (Å²) >= 11 is 3.48. The molecule has 0 amide bonds. The molecule has 0 heterocycles. The van der Waals surface area contributed by atoms with Crippen LogP contribution in [0.5, 0.6) is 0 Å². The molecule has 1 N–H and O–H groups in total. The van der Waals surface area contributed by atoms with Gasteiger partial charge in [-0.15, -0.1) is 0 Å². The number of hydrogen-bond donors (Lipinski definition) is 1. The van der Waals surface area contributed by atoms with Crippen molar-refractivity contribution in [2.75, 3.05) is 11.4 Å². The van der Waals surface area contributed by atoms with Crippen molar-refractivity contribution in [2.24, 2.45) is 0 Å². The number of aliphatic hydroxyl groups excluding tert-OH is 1. The zero-order valence-electron chi connectivity index (χ0n) is 11.8. The topological polar surface area (TPSA) is 47.3 Å². The molecule has 0 aliphatic heterocycles. The van der Waals surface area contributed by atoms with E-state index in [4.69, 9.17) is 5.26 Å². The SMILES string of the molecule is CC(O)c1ccc(Br)cc1N(CCC#N)c1ccccc1. The van der Waals surface area contributed by atoms with Gasteiger partial charge in [0.2, 0.25) is 0 Å². The van der Waals surface area contributed by atoms with Crippen molar-refractivity contribution in [3.05, 3.63) is 58.6 Å². The molecule has 108 valence electrons. The predicted octanol–water partition coefficient (Wildman–Crippen LogP) is 4.55. The molecule has 1 atom stereocenters. The molecule has 4 heteroatoms. The van der Waals surface area contributed by atoms with Gasteiger partial charge in [0, 0.05) is 28.0 Å². The highest BCUT2D eigenvalue weighted by molar-refractivity contribution is 9.10. The van der Waals surface area contributed by atoms with Gasteiger partial charge in [-0.25, -0.2) is 0 Å². The van der Waals surface area contributed by atoms with Gasteiger partial charge >= 0.3 is 0 Å². The number of halogens is 1. The van der Waals surface area contributed by atoms with E-state index in [0.717, 1.165) is 21.4 Å². The smallest absolute Gasteiger partial charge is 0.0782 e. The molecule has 0 fully saturated rings. The number of rotatable bonds is 5. The van der Waals surface area contributed by atoms with Crippen LogP contribution in [0.2, 0.25) is 0 Å².